The van der Waals surface area contributed by atoms with Gasteiger partial charge in [-0.2, -0.15) is 0 Å². The number of hydrogen-bond donors (Lipinski definition) is 2. The van der Waals surface area contributed by atoms with Crippen LogP contribution in [0.3, 0.4) is 0 Å². The third-order valence-electron chi connectivity index (χ3n) is 5.28. The number of likely N-dealkylation sites (N-methyl/N-ethyl adjacent to an activating group) is 1. The predicted molar refractivity (Wildman–Crippen MR) is 109 cm³/mol. The van der Waals surface area contributed by atoms with E-state index in [4.69, 9.17) is 26.2 Å². The Hall–Kier alpha value is -2.32. The lowest BCUT2D eigenvalue weighted by Gasteiger charge is -2.40. The van der Waals surface area contributed by atoms with E-state index in [2.05, 4.69) is 10.2 Å². The molecule has 1 aromatic rings. The van der Waals surface area contributed by atoms with Crippen LogP contribution in [0, 0.1) is 0 Å². The van der Waals surface area contributed by atoms with Gasteiger partial charge < -0.3 is 20.1 Å². The first-order chi connectivity index (χ1) is 13.8. The molecule has 0 spiro atoms. The van der Waals surface area contributed by atoms with E-state index in [1.807, 2.05) is 30.1 Å². The van der Waals surface area contributed by atoms with Gasteiger partial charge in [0.05, 0.1) is 13.1 Å². The molecule has 1 aromatic carbocycles. The Bertz CT molecular complexity index is 711. The second-order valence-corrected chi connectivity index (χ2v) is 7.73. The number of halogens is 1. The third-order valence-corrected chi connectivity index (χ3v) is 5.52. The molecule has 3 rings (SSSR count). The highest BCUT2D eigenvalue weighted by Gasteiger charge is 2.36. The Labute approximate surface area is 175 Å². The summed E-state index contributed by atoms with van der Waals surface area (Å²) < 4.78 is 5.85. The number of likely N-dealkylation sites (tertiary alicyclic amines) is 2. The second kappa shape index (κ2) is 11.0. The fourth-order valence-electron chi connectivity index (χ4n) is 3.62. The molecule has 8 nitrogen and oxygen atoms in total. The number of rotatable bonds is 6. The number of benzene rings is 1. The van der Waals surface area contributed by atoms with Gasteiger partial charge in [0, 0.05) is 37.0 Å². The van der Waals surface area contributed by atoms with Gasteiger partial charge in [0.15, 0.2) is 0 Å². The predicted octanol–water partition coefficient (Wildman–Crippen LogP) is 1.62. The Morgan fingerprint density at radius 1 is 1.31 bits per heavy atom. The maximum Gasteiger partial charge on any atom is 0.290 e. The molecule has 9 heteroatoms. The maximum atomic E-state index is 12.5. The van der Waals surface area contributed by atoms with E-state index in [1.54, 1.807) is 6.07 Å². The van der Waals surface area contributed by atoms with E-state index >= 15 is 0 Å². The molecule has 2 aliphatic heterocycles. The molecule has 160 valence electrons. The Kier molecular flexibility index (Phi) is 8.72. The maximum absolute atomic E-state index is 12.5. The Morgan fingerprint density at radius 2 is 1.97 bits per heavy atom. The molecule has 2 aliphatic rings. The highest BCUT2D eigenvalue weighted by Crippen LogP contribution is 2.26. The molecule has 0 saturated carbocycles. The standard InChI is InChI=1S/C19H26ClN3O3.CH2O2/c1-13(24)21-10-16-7-6-15(22(16)2)9-19(25)23-11-18(12-23)26-17-5-3-4-14(20)8-17;2-1-3/h3-5,8,15-16,18H,6-7,9-12H2,1-2H3,(H,21,24);1H,(H,2,3)/t15-,16+;/m0./s1. The number of carbonyl (C=O) groups is 3. The number of nitrogens with zero attached hydrogens (tertiary/aromatic N) is 2. The lowest BCUT2D eigenvalue weighted by atomic mass is 10.1. The zero-order valence-electron chi connectivity index (χ0n) is 16.7. The molecule has 0 aromatic heterocycles. The number of ether oxygens (including phenoxy) is 1. The first-order valence-corrected chi connectivity index (χ1v) is 9.96. The first-order valence-electron chi connectivity index (χ1n) is 9.58. The van der Waals surface area contributed by atoms with Crippen LogP contribution < -0.4 is 10.1 Å². The van der Waals surface area contributed by atoms with Crippen molar-refractivity contribution in [3.8, 4) is 5.75 Å². The number of nitrogens with one attached hydrogen (secondary N) is 1. The highest BCUT2D eigenvalue weighted by molar-refractivity contribution is 6.30. The van der Waals surface area contributed by atoms with Crippen LogP contribution in [0.15, 0.2) is 24.3 Å². The van der Waals surface area contributed by atoms with Crippen molar-refractivity contribution in [3.05, 3.63) is 29.3 Å². The fraction of sp³-hybridized carbons (Fsp3) is 0.550. The van der Waals surface area contributed by atoms with Gasteiger partial charge >= 0.3 is 0 Å². The van der Waals surface area contributed by atoms with Gasteiger partial charge in [-0.05, 0) is 38.1 Å². The minimum absolute atomic E-state index is 0.00995. The lowest BCUT2D eigenvalue weighted by Crippen LogP contribution is -2.57. The molecule has 2 amide bonds. The van der Waals surface area contributed by atoms with Crippen LogP contribution in [0.4, 0.5) is 0 Å². The smallest absolute Gasteiger partial charge is 0.290 e. The summed E-state index contributed by atoms with van der Waals surface area (Å²) in [6.45, 7) is 3.17. The summed E-state index contributed by atoms with van der Waals surface area (Å²) in [7, 11) is 2.04. The molecule has 2 saturated heterocycles. The van der Waals surface area contributed by atoms with Gasteiger partial charge in [0.25, 0.3) is 6.47 Å². The quantitative estimate of drug-likeness (QED) is 0.672. The monoisotopic (exact) mass is 425 g/mol. The van der Waals surface area contributed by atoms with Gasteiger partial charge in [-0.3, -0.25) is 19.3 Å². The largest absolute Gasteiger partial charge is 0.487 e. The van der Waals surface area contributed by atoms with Crippen LogP contribution in [0.2, 0.25) is 5.02 Å². The molecule has 2 fully saturated rings. The number of amides is 2. The summed E-state index contributed by atoms with van der Waals surface area (Å²) in [6.07, 6.45) is 2.56. The van der Waals surface area contributed by atoms with Crippen LogP contribution in [0.25, 0.3) is 0 Å². The number of carboxylic acid groups (broad SMARTS) is 1. The van der Waals surface area contributed by atoms with Crippen molar-refractivity contribution in [1.29, 1.82) is 0 Å². The van der Waals surface area contributed by atoms with Crippen LogP contribution in [0.1, 0.15) is 26.2 Å². The Balaban J connectivity index is 0.000000941. The summed E-state index contributed by atoms with van der Waals surface area (Å²) in [5, 5.41) is 10.4. The van der Waals surface area contributed by atoms with Crippen molar-refractivity contribution in [1.82, 2.24) is 15.1 Å². The van der Waals surface area contributed by atoms with E-state index < -0.39 is 0 Å². The van der Waals surface area contributed by atoms with Crippen LogP contribution in [-0.4, -0.2) is 78.1 Å². The minimum atomic E-state index is -0.250. The van der Waals surface area contributed by atoms with Crippen molar-refractivity contribution in [2.24, 2.45) is 0 Å². The molecule has 29 heavy (non-hydrogen) atoms. The Morgan fingerprint density at radius 3 is 2.59 bits per heavy atom. The average Bonchev–Trinajstić information content (AvgIpc) is 2.96. The van der Waals surface area contributed by atoms with Gasteiger partial charge in [-0.1, -0.05) is 17.7 Å². The highest BCUT2D eigenvalue weighted by atomic mass is 35.5. The second-order valence-electron chi connectivity index (χ2n) is 7.29. The van der Waals surface area contributed by atoms with E-state index in [0.717, 1.165) is 18.6 Å². The van der Waals surface area contributed by atoms with Gasteiger partial charge in [-0.25, -0.2) is 0 Å². The van der Waals surface area contributed by atoms with Gasteiger partial charge in [-0.15, -0.1) is 0 Å². The summed E-state index contributed by atoms with van der Waals surface area (Å²) in [6, 6.07) is 7.88. The average molecular weight is 426 g/mol. The summed E-state index contributed by atoms with van der Waals surface area (Å²) in [5.74, 6) is 0.906. The SMILES string of the molecule is CC(=O)NC[C@H]1CC[C@@H](CC(=O)N2CC(Oc3cccc(Cl)c3)C2)N1C.O=CO. The molecular formula is C20H28ClN3O5. The minimum Gasteiger partial charge on any atom is -0.487 e. The first kappa shape index (κ1) is 23.0. The van der Waals surface area contributed by atoms with Crippen molar-refractivity contribution in [3.63, 3.8) is 0 Å². The summed E-state index contributed by atoms with van der Waals surface area (Å²) in [4.78, 5) is 36.0. The molecular weight excluding hydrogens is 398 g/mol. The fourth-order valence-corrected chi connectivity index (χ4v) is 3.80. The zero-order chi connectivity index (χ0) is 21.4. The normalized spacial score (nSPS) is 21.6. The van der Waals surface area contributed by atoms with Crippen molar-refractivity contribution >= 4 is 29.9 Å². The van der Waals surface area contributed by atoms with E-state index in [9.17, 15) is 9.59 Å². The molecule has 0 unspecified atom stereocenters. The molecule has 0 aliphatic carbocycles. The van der Waals surface area contributed by atoms with E-state index in [0.29, 0.717) is 37.1 Å². The van der Waals surface area contributed by atoms with Crippen molar-refractivity contribution < 1.29 is 24.2 Å². The van der Waals surface area contributed by atoms with Crippen molar-refractivity contribution in [2.75, 3.05) is 26.7 Å². The molecule has 0 bridgehead atoms. The topological polar surface area (TPSA) is 99.2 Å². The van der Waals surface area contributed by atoms with E-state index in [1.165, 1.54) is 6.92 Å². The van der Waals surface area contributed by atoms with Crippen LogP contribution in [-0.2, 0) is 14.4 Å². The molecule has 0 radical (unpaired) electrons. The molecule has 2 N–H and O–H groups in total. The molecule has 2 atom stereocenters. The van der Waals surface area contributed by atoms with Gasteiger partial charge in [0.1, 0.15) is 11.9 Å². The zero-order valence-corrected chi connectivity index (χ0v) is 17.5. The number of carbonyl (C=O) groups excluding carboxylic acids is 2. The number of hydrogen-bond acceptors (Lipinski definition) is 5. The van der Waals surface area contributed by atoms with Crippen LogP contribution in [0.5, 0.6) is 5.75 Å². The molecule has 2 heterocycles. The third kappa shape index (κ3) is 6.90. The lowest BCUT2D eigenvalue weighted by molar-refractivity contribution is -0.141. The van der Waals surface area contributed by atoms with E-state index in [-0.39, 0.29) is 30.4 Å². The van der Waals surface area contributed by atoms with Crippen molar-refractivity contribution in [2.45, 2.75) is 44.4 Å². The summed E-state index contributed by atoms with van der Waals surface area (Å²) >= 11 is 5.96. The van der Waals surface area contributed by atoms with Gasteiger partial charge in [0.2, 0.25) is 11.8 Å². The van der Waals surface area contributed by atoms with Crippen LogP contribution >= 0.6 is 11.6 Å². The summed E-state index contributed by atoms with van der Waals surface area (Å²) in [5.41, 5.74) is 0.